The summed E-state index contributed by atoms with van der Waals surface area (Å²) in [7, 11) is 2.05. The zero-order valence-corrected chi connectivity index (χ0v) is 12.0. The Morgan fingerprint density at radius 2 is 2.24 bits per heavy atom. The summed E-state index contributed by atoms with van der Waals surface area (Å²) in [5.41, 5.74) is 1.85. The highest BCUT2D eigenvalue weighted by molar-refractivity contribution is 9.10. The number of halogens is 1. The lowest BCUT2D eigenvalue weighted by Crippen LogP contribution is -2.18. The van der Waals surface area contributed by atoms with Gasteiger partial charge in [0.05, 0.1) is 0 Å². The van der Waals surface area contributed by atoms with Crippen molar-refractivity contribution in [2.75, 3.05) is 18.5 Å². The minimum atomic E-state index is 0.0812. The van der Waals surface area contributed by atoms with Crippen molar-refractivity contribution in [2.24, 2.45) is 0 Å². The first-order chi connectivity index (χ1) is 8.06. The number of ketones is 1. The van der Waals surface area contributed by atoms with E-state index in [0.717, 1.165) is 35.1 Å². The highest BCUT2D eigenvalue weighted by atomic mass is 79.9. The van der Waals surface area contributed by atoms with Gasteiger partial charge in [0, 0.05) is 29.3 Å². The first kappa shape index (κ1) is 14.0. The minimum absolute atomic E-state index is 0.0812. The number of hydrogen-bond donors (Lipinski definition) is 0. The van der Waals surface area contributed by atoms with E-state index >= 15 is 0 Å². The zero-order chi connectivity index (χ0) is 12.8. The average molecular weight is 296 g/mol. The van der Waals surface area contributed by atoms with Gasteiger partial charge in [0.15, 0.2) is 5.78 Å². The van der Waals surface area contributed by atoms with E-state index < -0.39 is 0 Å². The van der Waals surface area contributed by atoms with E-state index in [1.165, 1.54) is 0 Å². The van der Waals surface area contributed by atoms with E-state index in [-0.39, 0.29) is 5.78 Å². The molecular weight excluding hydrogens is 278 g/mol. The molecule has 0 unspecified atom stereocenters. The van der Waals surface area contributed by atoms with Crippen LogP contribution in [0.3, 0.4) is 0 Å². The normalized spacial score (nSPS) is 10.1. The number of hydrogen-bond acceptors (Lipinski definition) is 2. The van der Waals surface area contributed by atoms with Gasteiger partial charge in [-0.15, -0.1) is 6.58 Å². The van der Waals surface area contributed by atoms with E-state index in [2.05, 4.69) is 34.5 Å². The highest BCUT2D eigenvalue weighted by Crippen LogP contribution is 2.24. The average Bonchev–Trinajstić information content (AvgIpc) is 2.28. The summed E-state index contributed by atoms with van der Waals surface area (Å²) in [6, 6.07) is 5.84. The fourth-order valence-corrected chi connectivity index (χ4v) is 2.27. The molecule has 0 bridgehead atoms. The molecule has 0 heterocycles. The number of anilines is 1. The molecule has 0 spiro atoms. The summed E-state index contributed by atoms with van der Waals surface area (Å²) in [5.74, 6) is 0.0812. The van der Waals surface area contributed by atoms with Crippen LogP contribution in [0.25, 0.3) is 0 Å². The van der Waals surface area contributed by atoms with Crippen molar-refractivity contribution in [3.8, 4) is 0 Å². The Hall–Kier alpha value is -1.09. The van der Waals surface area contributed by atoms with Crippen LogP contribution in [-0.4, -0.2) is 19.4 Å². The molecule has 92 valence electrons. The summed E-state index contributed by atoms with van der Waals surface area (Å²) >= 11 is 3.43. The van der Waals surface area contributed by atoms with Gasteiger partial charge in [-0.2, -0.15) is 0 Å². The van der Waals surface area contributed by atoms with E-state index in [1.54, 1.807) is 6.92 Å². The lowest BCUT2D eigenvalue weighted by atomic mass is 10.1. The molecule has 0 atom stereocenters. The fourth-order valence-electron chi connectivity index (χ4n) is 1.63. The van der Waals surface area contributed by atoms with Gasteiger partial charge in [-0.1, -0.05) is 6.08 Å². The number of benzene rings is 1. The predicted molar refractivity (Wildman–Crippen MR) is 76.8 cm³/mol. The molecule has 0 aliphatic carbocycles. The van der Waals surface area contributed by atoms with Crippen molar-refractivity contribution in [2.45, 2.75) is 19.8 Å². The van der Waals surface area contributed by atoms with Crippen LogP contribution in [-0.2, 0) is 0 Å². The Morgan fingerprint density at radius 3 is 2.76 bits per heavy atom. The molecule has 1 rings (SSSR count). The number of unbranched alkanes of at least 4 members (excludes halogenated alkanes) is 1. The second kappa shape index (κ2) is 6.60. The monoisotopic (exact) mass is 295 g/mol. The molecule has 3 heteroatoms. The minimum Gasteiger partial charge on any atom is -0.375 e. The Bertz CT molecular complexity index is 415. The number of carbonyl (C=O) groups excluding carboxylic acids is 1. The van der Waals surface area contributed by atoms with Crippen LogP contribution in [0.2, 0.25) is 0 Å². The van der Waals surface area contributed by atoms with Crippen LogP contribution < -0.4 is 4.90 Å². The standard InChI is InChI=1S/C14H18BrNO/c1-4-5-6-9-16(3)12-7-8-13(11(2)17)14(15)10-12/h4,7-8,10H,1,5-6,9H2,2-3H3. The van der Waals surface area contributed by atoms with Crippen LogP contribution in [0.5, 0.6) is 0 Å². The topological polar surface area (TPSA) is 20.3 Å². The molecule has 0 aliphatic heterocycles. The lowest BCUT2D eigenvalue weighted by molar-refractivity contribution is 0.101. The van der Waals surface area contributed by atoms with Crippen molar-refractivity contribution < 1.29 is 4.79 Å². The molecule has 0 saturated carbocycles. The molecule has 0 saturated heterocycles. The van der Waals surface area contributed by atoms with Gasteiger partial charge in [0.1, 0.15) is 0 Å². The molecule has 0 N–H and O–H groups in total. The largest absolute Gasteiger partial charge is 0.375 e. The maximum absolute atomic E-state index is 11.3. The van der Waals surface area contributed by atoms with Gasteiger partial charge in [-0.3, -0.25) is 4.79 Å². The lowest BCUT2D eigenvalue weighted by Gasteiger charge is -2.19. The summed E-state index contributed by atoms with van der Waals surface area (Å²) in [6.07, 6.45) is 4.05. The Morgan fingerprint density at radius 1 is 1.53 bits per heavy atom. The Labute approximate surface area is 111 Å². The maximum Gasteiger partial charge on any atom is 0.160 e. The first-order valence-electron chi connectivity index (χ1n) is 5.68. The second-order valence-corrected chi connectivity index (χ2v) is 4.93. The molecule has 0 fully saturated rings. The number of nitrogens with zero attached hydrogens (tertiary/aromatic N) is 1. The number of carbonyl (C=O) groups is 1. The molecule has 0 amide bonds. The van der Waals surface area contributed by atoms with Gasteiger partial charge in [-0.05, 0) is 53.9 Å². The molecule has 1 aromatic rings. The molecule has 1 aromatic carbocycles. The highest BCUT2D eigenvalue weighted by Gasteiger charge is 2.07. The third-order valence-electron chi connectivity index (χ3n) is 2.67. The van der Waals surface area contributed by atoms with E-state index in [1.807, 2.05) is 24.3 Å². The summed E-state index contributed by atoms with van der Waals surface area (Å²) in [6.45, 7) is 6.27. The first-order valence-corrected chi connectivity index (χ1v) is 6.48. The molecule has 0 aliphatic rings. The van der Waals surface area contributed by atoms with E-state index in [9.17, 15) is 4.79 Å². The van der Waals surface area contributed by atoms with Crippen LogP contribution in [0, 0.1) is 0 Å². The third-order valence-corrected chi connectivity index (χ3v) is 3.33. The van der Waals surface area contributed by atoms with Gasteiger partial charge in [0.25, 0.3) is 0 Å². The van der Waals surface area contributed by atoms with Gasteiger partial charge >= 0.3 is 0 Å². The van der Waals surface area contributed by atoms with Gasteiger partial charge < -0.3 is 4.90 Å². The molecule has 0 aromatic heterocycles. The van der Waals surface area contributed by atoms with Crippen molar-refractivity contribution >= 4 is 27.4 Å². The second-order valence-electron chi connectivity index (χ2n) is 4.07. The summed E-state index contributed by atoms with van der Waals surface area (Å²) in [4.78, 5) is 13.5. The molecule has 17 heavy (non-hydrogen) atoms. The van der Waals surface area contributed by atoms with Crippen molar-refractivity contribution in [3.63, 3.8) is 0 Å². The quantitative estimate of drug-likeness (QED) is 0.448. The molecule has 0 radical (unpaired) electrons. The number of allylic oxidation sites excluding steroid dienone is 1. The van der Waals surface area contributed by atoms with Crippen molar-refractivity contribution in [1.29, 1.82) is 0 Å². The zero-order valence-electron chi connectivity index (χ0n) is 10.4. The fraction of sp³-hybridized carbons (Fsp3) is 0.357. The van der Waals surface area contributed by atoms with Crippen LogP contribution in [0.1, 0.15) is 30.1 Å². The third kappa shape index (κ3) is 4.00. The molecule has 2 nitrogen and oxygen atoms in total. The number of rotatable bonds is 6. The van der Waals surface area contributed by atoms with Gasteiger partial charge in [-0.25, -0.2) is 0 Å². The Kier molecular flexibility index (Phi) is 5.42. The maximum atomic E-state index is 11.3. The summed E-state index contributed by atoms with van der Waals surface area (Å²) < 4.78 is 0.859. The van der Waals surface area contributed by atoms with Crippen LogP contribution in [0.4, 0.5) is 5.69 Å². The van der Waals surface area contributed by atoms with E-state index in [0.29, 0.717) is 0 Å². The molecular formula is C14H18BrNO. The van der Waals surface area contributed by atoms with E-state index in [4.69, 9.17) is 0 Å². The Balaban J connectivity index is 2.75. The predicted octanol–water partition coefficient (Wildman–Crippen LogP) is 4.05. The van der Waals surface area contributed by atoms with Crippen LogP contribution >= 0.6 is 15.9 Å². The van der Waals surface area contributed by atoms with Crippen molar-refractivity contribution in [3.05, 3.63) is 40.9 Å². The smallest absolute Gasteiger partial charge is 0.160 e. The van der Waals surface area contributed by atoms with Crippen LogP contribution in [0.15, 0.2) is 35.3 Å². The van der Waals surface area contributed by atoms with Crippen molar-refractivity contribution in [1.82, 2.24) is 0 Å². The summed E-state index contributed by atoms with van der Waals surface area (Å²) in [5, 5.41) is 0. The van der Waals surface area contributed by atoms with Gasteiger partial charge in [0.2, 0.25) is 0 Å². The number of Topliss-reactive ketones (excluding diaryl/α,β-unsaturated/α-hetero) is 1. The SMILES string of the molecule is C=CCCCN(C)c1ccc(C(C)=O)c(Br)c1.